The largest absolute Gasteiger partial charge is 0.497 e. The molecule has 0 aliphatic carbocycles. The molecule has 0 unspecified atom stereocenters. The van der Waals surface area contributed by atoms with Crippen LogP contribution in [0.1, 0.15) is 24.1 Å². The molecule has 1 fully saturated rings. The van der Waals surface area contributed by atoms with E-state index in [1.165, 1.54) is 37.2 Å². The number of nitrogens with zero attached hydrogens (tertiary/aromatic N) is 4. The minimum atomic E-state index is 0.739. The zero-order valence-corrected chi connectivity index (χ0v) is 18.9. The number of hydrogen-bond donors (Lipinski definition) is 0. The Balaban J connectivity index is 1.26. The molecule has 1 aliphatic heterocycles. The maximum Gasteiger partial charge on any atom is 0.193 e. The van der Waals surface area contributed by atoms with E-state index in [2.05, 4.69) is 69.0 Å². The van der Waals surface area contributed by atoms with Gasteiger partial charge in [0, 0.05) is 49.6 Å². The number of likely N-dealkylation sites (tertiary alicyclic amines) is 1. The summed E-state index contributed by atoms with van der Waals surface area (Å²) in [5.74, 6) is 1.67. The van der Waals surface area contributed by atoms with E-state index < -0.39 is 0 Å². The van der Waals surface area contributed by atoms with E-state index in [9.17, 15) is 0 Å². The Bertz CT molecular complexity index is 890. The average molecular weight is 425 g/mol. The molecule has 0 radical (unpaired) electrons. The molecule has 0 saturated carbocycles. The minimum absolute atomic E-state index is 0.739. The lowest BCUT2D eigenvalue weighted by Gasteiger charge is -2.34. The maximum atomic E-state index is 5.26. The third kappa shape index (κ3) is 5.50. The number of hydrogen-bond acceptors (Lipinski definition) is 5. The molecule has 30 heavy (non-hydrogen) atoms. The van der Waals surface area contributed by atoms with E-state index in [0.717, 1.165) is 42.9 Å². The van der Waals surface area contributed by atoms with Crippen LogP contribution in [0.5, 0.6) is 5.75 Å². The van der Waals surface area contributed by atoms with E-state index in [4.69, 9.17) is 4.74 Å². The molecule has 4 rings (SSSR count). The maximum absolute atomic E-state index is 5.26. The molecule has 3 heterocycles. The van der Waals surface area contributed by atoms with Crippen LogP contribution in [0.2, 0.25) is 0 Å². The van der Waals surface area contributed by atoms with Crippen molar-refractivity contribution in [3.8, 4) is 10.9 Å². The minimum Gasteiger partial charge on any atom is -0.497 e. The Morgan fingerprint density at radius 3 is 2.87 bits per heavy atom. The first-order chi connectivity index (χ1) is 14.7. The van der Waals surface area contributed by atoms with Crippen molar-refractivity contribution in [3.05, 3.63) is 65.4 Å². The number of benzene rings is 1. The number of aromatic nitrogens is 2. The lowest BCUT2D eigenvalue weighted by molar-refractivity contribution is 0.141. The SMILES string of the molecule is COc1ccc(CCN2CCC[C@H](CN(C)Cc3cccn3-c3nccs3)C2)cc1. The van der Waals surface area contributed by atoms with Crippen molar-refractivity contribution in [1.82, 2.24) is 19.4 Å². The van der Waals surface area contributed by atoms with Crippen molar-refractivity contribution in [3.63, 3.8) is 0 Å². The molecule has 1 saturated heterocycles. The van der Waals surface area contributed by atoms with Gasteiger partial charge in [0.2, 0.25) is 0 Å². The Labute approximate surface area is 183 Å². The molecule has 1 aromatic carbocycles. The van der Waals surface area contributed by atoms with Gasteiger partial charge in [-0.2, -0.15) is 0 Å². The standard InChI is InChI=1S/C24H32N4OS/c1-26(19-22-6-4-14-28(22)24-25-12-16-30-24)17-21-5-3-13-27(18-21)15-11-20-7-9-23(29-2)10-8-20/h4,6-10,12,14,16,21H,3,5,11,13,15,17-19H2,1-2H3/t21-/m1/s1. The third-order valence-electron chi connectivity index (χ3n) is 5.94. The van der Waals surface area contributed by atoms with Crippen molar-refractivity contribution in [2.45, 2.75) is 25.8 Å². The molecule has 6 heteroatoms. The third-order valence-corrected chi connectivity index (χ3v) is 6.71. The summed E-state index contributed by atoms with van der Waals surface area (Å²) >= 11 is 1.68. The fraction of sp³-hybridized carbons (Fsp3) is 0.458. The zero-order chi connectivity index (χ0) is 20.8. The lowest BCUT2D eigenvalue weighted by Crippen LogP contribution is -2.40. The van der Waals surface area contributed by atoms with Gasteiger partial charge in [-0.1, -0.05) is 12.1 Å². The highest BCUT2D eigenvalue weighted by molar-refractivity contribution is 7.12. The molecule has 0 amide bonds. The molecule has 3 aromatic rings. The molecule has 5 nitrogen and oxygen atoms in total. The van der Waals surface area contributed by atoms with Crippen LogP contribution in [0.25, 0.3) is 5.13 Å². The smallest absolute Gasteiger partial charge is 0.193 e. The Morgan fingerprint density at radius 1 is 1.23 bits per heavy atom. The molecule has 2 aromatic heterocycles. The van der Waals surface area contributed by atoms with Gasteiger partial charge in [0.1, 0.15) is 5.75 Å². The number of ether oxygens (including phenoxy) is 1. The molecule has 1 atom stereocenters. The van der Waals surface area contributed by atoms with Gasteiger partial charge >= 0.3 is 0 Å². The van der Waals surface area contributed by atoms with Crippen molar-refractivity contribution < 1.29 is 4.74 Å². The number of methoxy groups -OCH3 is 1. The first-order valence-corrected chi connectivity index (χ1v) is 11.7. The van der Waals surface area contributed by atoms with Crippen LogP contribution in [-0.2, 0) is 13.0 Å². The summed E-state index contributed by atoms with van der Waals surface area (Å²) in [5.41, 5.74) is 2.69. The fourth-order valence-corrected chi connectivity index (χ4v) is 5.09. The second-order valence-electron chi connectivity index (χ2n) is 8.29. The van der Waals surface area contributed by atoms with Gasteiger partial charge in [-0.3, -0.25) is 4.57 Å². The highest BCUT2D eigenvalue weighted by Crippen LogP contribution is 2.21. The Morgan fingerprint density at radius 2 is 2.10 bits per heavy atom. The second-order valence-corrected chi connectivity index (χ2v) is 9.16. The van der Waals surface area contributed by atoms with Crippen molar-refractivity contribution in [1.29, 1.82) is 0 Å². The molecular formula is C24H32N4OS. The summed E-state index contributed by atoms with van der Waals surface area (Å²) < 4.78 is 7.47. The van der Waals surface area contributed by atoms with Gasteiger partial charge in [-0.25, -0.2) is 4.98 Å². The highest BCUT2D eigenvalue weighted by Gasteiger charge is 2.21. The van der Waals surface area contributed by atoms with Gasteiger partial charge in [0.25, 0.3) is 0 Å². The average Bonchev–Trinajstić information content (AvgIpc) is 3.44. The Hall–Kier alpha value is -2.15. The van der Waals surface area contributed by atoms with E-state index in [0.29, 0.717) is 0 Å². The van der Waals surface area contributed by atoms with Crippen molar-refractivity contribution >= 4 is 11.3 Å². The summed E-state index contributed by atoms with van der Waals surface area (Å²) in [6, 6.07) is 12.8. The van der Waals surface area contributed by atoms with Crippen LogP contribution in [0.15, 0.2) is 54.2 Å². The van der Waals surface area contributed by atoms with Crippen molar-refractivity contribution in [2.75, 3.05) is 40.3 Å². The molecular weight excluding hydrogens is 392 g/mol. The normalized spacial score (nSPS) is 17.5. The van der Waals surface area contributed by atoms with Gasteiger partial charge < -0.3 is 14.5 Å². The Kier molecular flexibility index (Phi) is 7.20. The van der Waals surface area contributed by atoms with Gasteiger partial charge in [0.05, 0.1) is 7.11 Å². The number of rotatable bonds is 9. The summed E-state index contributed by atoms with van der Waals surface area (Å²) in [6.07, 6.45) is 7.72. The van der Waals surface area contributed by atoms with E-state index in [1.54, 1.807) is 18.4 Å². The fourth-order valence-electron chi connectivity index (χ4n) is 4.43. The van der Waals surface area contributed by atoms with Crippen molar-refractivity contribution in [2.24, 2.45) is 5.92 Å². The first kappa shape index (κ1) is 21.1. The van der Waals surface area contributed by atoms with Crippen LogP contribution in [0.4, 0.5) is 0 Å². The summed E-state index contributed by atoms with van der Waals surface area (Å²) in [5, 5.41) is 3.08. The van der Waals surface area contributed by atoms with Gasteiger partial charge in [-0.05, 0) is 68.6 Å². The van der Waals surface area contributed by atoms with Gasteiger partial charge in [0.15, 0.2) is 5.13 Å². The molecule has 0 spiro atoms. The monoisotopic (exact) mass is 424 g/mol. The molecule has 1 aliphatic rings. The van der Waals surface area contributed by atoms with E-state index in [-0.39, 0.29) is 0 Å². The summed E-state index contributed by atoms with van der Waals surface area (Å²) in [4.78, 5) is 9.57. The molecule has 0 N–H and O–H groups in total. The number of thiazole rings is 1. The van der Waals surface area contributed by atoms with Crippen LogP contribution < -0.4 is 4.74 Å². The van der Waals surface area contributed by atoms with E-state index >= 15 is 0 Å². The second kappa shape index (κ2) is 10.2. The zero-order valence-electron chi connectivity index (χ0n) is 18.0. The van der Waals surface area contributed by atoms with Crippen LogP contribution in [-0.4, -0.2) is 59.7 Å². The first-order valence-electron chi connectivity index (χ1n) is 10.8. The summed E-state index contributed by atoms with van der Waals surface area (Å²) in [7, 11) is 3.96. The molecule has 0 bridgehead atoms. The highest BCUT2D eigenvalue weighted by atomic mass is 32.1. The topological polar surface area (TPSA) is 33.5 Å². The predicted molar refractivity (Wildman–Crippen MR) is 124 cm³/mol. The quantitative estimate of drug-likeness (QED) is 0.512. The number of piperidine rings is 1. The lowest BCUT2D eigenvalue weighted by atomic mass is 9.97. The van der Waals surface area contributed by atoms with Crippen LogP contribution in [0, 0.1) is 5.92 Å². The van der Waals surface area contributed by atoms with Crippen LogP contribution in [0.3, 0.4) is 0 Å². The van der Waals surface area contributed by atoms with E-state index in [1.807, 2.05) is 11.6 Å². The van der Waals surface area contributed by atoms with Gasteiger partial charge in [-0.15, -0.1) is 11.3 Å². The van der Waals surface area contributed by atoms with Crippen LogP contribution >= 0.6 is 11.3 Å². The summed E-state index contributed by atoms with van der Waals surface area (Å²) in [6.45, 7) is 5.66. The molecule has 160 valence electrons. The predicted octanol–water partition coefficient (Wildman–Crippen LogP) is 4.33.